The summed E-state index contributed by atoms with van der Waals surface area (Å²) in [7, 11) is 2.91. The Bertz CT molecular complexity index is 956. The first-order valence-electron chi connectivity index (χ1n) is 9.50. The number of halogens is 2. The number of benzene rings is 1. The second-order valence-corrected chi connectivity index (χ2v) is 6.62. The number of amides is 2. The molecule has 1 aromatic carbocycles. The Hall–Kier alpha value is -3.23. The van der Waals surface area contributed by atoms with Crippen molar-refractivity contribution in [2.45, 2.75) is 40.3 Å². The molecule has 0 bridgehead atoms. The van der Waals surface area contributed by atoms with Crippen LogP contribution in [-0.2, 0) is 6.54 Å². The molecule has 0 saturated carbocycles. The van der Waals surface area contributed by atoms with Crippen LogP contribution < -0.4 is 9.47 Å². The average Bonchev–Trinajstić information content (AvgIpc) is 2.71. The van der Waals surface area contributed by atoms with Crippen LogP contribution in [0.3, 0.4) is 0 Å². The third-order valence-electron chi connectivity index (χ3n) is 4.46. The van der Waals surface area contributed by atoms with Gasteiger partial charge in [0.05, 0.1) is 18.3 Å². The summed E-state index contributed by atoms with van der Waals surface area (Å²) < 4.78 is 38.9. The third kappa shape index (κ3) is 4.67. The summed E-state index contributed by atoms with van der Waals surface area (Å²) in [5.41, 5.74) is 0.874. The Morgan fingerprint density at radius 3 is 2.63 bits per heavy atom. The summed E-state index contributed by atoms with van der Waals surface area (Å²) in [6, 6.07) is 3.19. The lowest BCUT2D eigenvalue weighted by molar-refractivity contribution is 0.116. The number of pyridine rings is 1. The van der Waals surface area contributed by atoms with E-state index in [1.165, 1.54) is 38.2 Å². The van der Waals surface area contributed by atoms with Gasteiger partial charge in [-0.3, -0.25) is 9.88 Å². The normalized spacial score (nSPS) is 14.9. The van der Waals surface area contributed by atoms with Gasteiger partial charge in [-0.1, -0.05) is 13.8 Å². The Balaban J connectivity index is 0.00000156. The van der Waals surface area contributed by atoms with E-state index in [2.05, 4.69) is 4.98 Å². The summed E-state index contributed by atoms with van der Waals surface area (Å²) in [4.78, 5) is 30.4. The number of rotatable bonds is 3. The number of fused-ring (bicyclic) bond motifs is 1. The first kappa shape index (κ1) is 23.1. The van der Waals surface area contributed by atoms with Crippen LogP contribution >= 0.6 is 0 Å². The fourth-order valence-electron chi connectivity index (χ4n) is 2.82. The smallest absolute Gasteiger partial charge is 0.410 e. The molecule has 2 heterocycles. The number of ether oxygens (including phenoxy) is 2. The minimum atomic E-state index is -0.773. The Kier molecular flexibility index (Phi) is 7.31. The highest BCUT2D eigenvalue weighted by Crippen LogP contribution is 2.39. The Morgan fingerprint density at radius 2 is 2.00 bits per heavy atom. The third-order valence-corrected chi connectivity index (χ3v) is 4.46. The molecule has 1 atom stereocenters. The van der Waals surface area contributed by atoms with E-state index in [4.69, 9.17) is 9.47 Å². The van der Waals surface area contributed by atoms with E-state index in [0.29, 0.717) is 5.56 Å². The standard InChI is InChI=1S/C19H19F2N3O4.C2H6.H2/c1-10-17(21)12(5-6-22-10)9-24-11(2)13-7-14(20)16(28-18(25)23(3)4)8-15(13)27-19(24)26;1-2;/h5-8,11H,9H2,1-4H3;1-2H3;1H/t11-;;/m1../s1. The summed E-state index contributed by atoms with van der Waals surface area (Å²) in [5, 5.41) is 0. The molecule has 0 fully saturated rings. The van der Waals surface area contributed by atoms with Crippen molar-refractivity contribution in [3.8, 4) is 11.5 Å². The van der Waals surface area contributed by atoms with Crippen LogP contribution in [-0.4, -0.2) is 41.1 Å². The van der Waals surface area contributed by atoms with E-state index in [9.17, 15) is 18.4 Å². The Morgan fingerprint density at radius 1 is 1.33 bits per heavy atom. The van der Waals surface area contributed by atoms with Crippen molar-refractivity contribution >= 4 is 12.2 Å². The van der Waals surface area contributed by atoms with Crippen LogP contribution in [0.25, 0.3) is 0 Å². The summed E-state index contributed by atoms with van der Waals surface area (Å²) in [6.45, 7) is 7.14. The molecular weight excluding hydrogens is 396 g/mol. The van der Waals surface area contributed by atoms with Gasteiger partial charge in [-0.25, -0.2) is 18.4 Å². The lowest BCUT2D eigenvalue weighted by atomic mass is 10.0. The van der Waals surface area contributed by atoms with E-state index in [-0.39, 0.29) is 30.7 Å². The topological polar surface area (TPSA) is 72.0 Å². The monoisotopic (exact) mass is 423 g/mol. The number of hydrogen-bond acceptors (Lipinski definition) is 5. The molecule has 3 rings (SSSR count). The van der Waals surface area contributed by atoms with Gasteiger partial charge in [0.15, 0.2) is 11.6 Å². The van der Waals surface area contributed by atoms with Crippen molar-refractivity contribution in [1.29, 1.82) is 0 Å². The molecule has 0 aliphatic carbocycles. The molecule has 7 nitrogen and oxygen atoms in total. The lowest BCUT2D eigenvalue weighted by Gasteiger charge is -2.34. The van der Waals surface area contributed by atoms with E-state index >= 15 is 0 Å². The number of aromatic nitrogens is 1. The fourth-order valence-corrected chi connectivity index (χ4v) is 2.82. The van der Waals surface area contributed by atoms with E-state index in [1.807, 2.05) is 13.8 Å². The highest BCUT2D eigenvalue weighted by atomic mass is 19.1. The molecule has 2 amide bonds. The van der Waals surface area contributed by atoms with Gasteiger partial charge in [0.25, 0.3) is 0 Å². The molecule has 0 spiro atoms. The maximum atomic E-state index is 14.4. The van der Waals surface area contributed by atoms with Gasteiger partial charge >= 0.3 is 12.2 Å². The summed E-state index contributed by atoms with van der Waals surface area (Å²) >= 11 is 0. The SMILES string of the molecule is CC.Cc1nccc(CN2C(=O)Oc3cc(OC(=O)N(C)C)c(F)cc3[C@H]2C)c1F.[HH]. The van der Waals surface area contributed by atoms with E-state index < -0.39 is 29.9 Å². The van der Waals surface area contributed by atoms with Crippen molar-refractivity contribution in [3.05, 3.63) is 52.9 Å². The largest absolute Gasteiger partial charge is 0.416 e. The van der Waals surface area contributed by atoms with E-state index in [0.717, 1.165) is 17.0 Å². The second kappa shape index (κ2) is 9.51. The number of aryl methyl sites for hydroxylation is 1. The maximum absolute atomic E-state index is 14.4. The molecule has 0 radical (unpaired) electrons. The Labute approximate surface area is 175 Å². The zero-order valence-corrected chi connectivity index (χ0v) is 17.8. The van der Waals surface area contributed by atoms with Gasteiger partial charge in [-0.05, 0) is 26.0 Å². The molecule has 0 unspecified atom stereocenters. The molecule has 164 valence electrons. The van der Waals surface area contributed by atoms with Crippen LogP contribution in [0.15, 0.2) is 24.4 Å². The number of hydrogen-bond donors (Lipinski definition) is 0. The molecule has 0 saturated heterocycles. The molecule has 9 heteroatoms. The quantitative estimate of drug-likeness (QED) is 0.689. The first-order chi connectivity index (χ1) is 14.2. The summed E-state index contributed by atoms with van der Waals surface area (Å²) in [5.74, 6) is -1.54. The van der Waals surface area contributed by atoms with Gasteiger partial charge in [-0.2, -0.15) is 0 Å². The van der Waals surface area contributed by atoms with Crippen LogP contribution in [0.2, 0.25) is 0 Å². The number of nitrogens with zero attached hydrogens (tertiary/aromatic N) is 3. The van der Waals surface area contributed by atoms with Gasteiger partial charge in [-0.15, -0.1) is 0 Å². The molecule has 1 aliphatic heterocycles. The van der Waals surface area contributed by atoms with Crippen molar-refractivity contribution in [2.24, 2.45) is 0 Å². The van der Waals surface area contributed by atoms with Gasteiger partial charge in [0.1, 0.15) is 11.6 Å². The minimum Gasteiger partial charge on any atom is -0.410 e. The van der Waals surface area contributed by atoms with Crippen molar-refractivity contribution < 1.29 is 29.3 Å². The molecule has 1 aromatic heterocycles. The predicted molar refractivity (Wildman–Crippen MR) is 108 cm³/mol. The maximum Gasteiger partial charge on any atom is 0.416 e. The number of carbonyl (C=O) groups is 2. The van der Waals surface area contributed by atoms with Gasteiger partial charge in [0.2, 0.25) is 0 Å². The van der Waals surface area contributed by atoms with E-state index in [1.54, 1.807) is 6.92 Å². The highest BCUT2D eigenvalue weighted by Gasteiger charge is 2.34. The van der Waals surface area contributed by atoms with Gasteiger partial charge in [0, 0.05) is 38.9 Å². The first-order valence-corrected chi connectivity index (χ1v) is 9.50. The molecule has 1 aliphatic rings. The molecular formula is C21H27F2N3O4. The van der Waals surface area contributed by atoms with Gasteiger partial charge < -0.3 is 14.4 Å². The minimum absolute atomic E-state index is 0. The fraction of sp³-hybridized carbons (Fsp3) is 0.381. The average molecular weight is 423 g/mol. The van der Waals surface area contributed by atoms with Crippen molar-refractivity contribution in [3.63, 3.8) is 0 Å². The predicted octanol–water partition coefficient (Wildman–Crippen LogP) is 5.08. The molecule has 0 N–H and O–H groups in total. The zero-order chi connectivity index (χ0) is 22.6. The van der Waals surface area contributed by atoms with Crippen molar-refractivity contribution in [1.82, 2.24) is 14.8 Å². The molecule has 2 aromatic rings. The van der Waals surface area contributed by atoms with Crippen LogP contribution in [0.5, 0.6) is 11.5 Å². The number of carbonyl (C=O) groups excluding carboxylic acids is 2. The van der Waals surface area contributed by atoms with Crippen LogP contribution in [0, 0.1) is 18.6 Å². The zero-order valence-electron chi connectivity index (χ0n) is 17.8. The van der Waals surface area contributed by atoms with Crippen LogP contribution in [0.1, 0.15) is 45.1 Å². The summed E-state index contributed by atoms with van der Waals surface area (Å²) in [6.07, 6.45) is -0.0308. The lowest BCUT2D eigenvalue weighted by Crippen LogP contribution is -2.39. The van der Waals surface area contributed by atoms with Crippen LogP contribution in [0.4, 0.5) is 18.4 Å². The highest BCUT2D eigenvalue weighted by molar-refractivity contribution is 5.75. The molecule has 30 heavy (non-hydrogen) atoms. The van der Waals surface area contributed by atoms with Crippen molar-refractivity contribution in [2.75, 3.05) is 14.1 Å². The second-order valence-electron chi connectivity index (χ2n) is 6.62.